The standard InChI is InChI=1S/C13H19N3O/c1-2-16-6-5-14-12(13(16)17)15-11-8-9-3-4-10(11)7-9/h5-6,9-11H,2-4,7-8H2,1H3,(H,14,15). The molecule has 3 rings (SSSR count). The van der Waals surface area contributed by atoms with Crippen LogP contribution in [0, 0.1) is 11.8 Å². The highest BCUT2D eigenvalue weighted by atomic mass is 16.1. The molecule has 0 aromatic carbocycles. The fourth-order valence-corrected chi connectivity index (χ4v) is 3.39. The van der Waals surface area contributed by atoms with Crippen LogP contribution >= 0.6 is 0 Å². The van der Waals surface area contributed by atoms with E-state index in [0.717, 1.165) is 11.8 Å². The molecule has 3 atom stereocenters. The van der Waals surface area contributed by atoms with Crippen LogP contribution < -0.4 is 10.9 Å². The van der Waals surface area contributed by atoms with Gasteiger partial charge in [-0.3, -0.25) is 4.79 Å². The van der Waals surface area contributed by atoms with E-state index in [1.165, 1.54) is 25.7 Å². The molecule has 92 valence electrons. The van der Waals surface area contributed by atoms with Gasteiger partial charge in [0.1, 0.15) is 0 Å². The number of anilines is 1. The first kappa shape index (κ1) is 10.8. The average Bonchev–Trinajstić information content (AvgIpc) is 2.94. The molecular formula is C13H19N3O. The molecular weight excluding hydrogens is 214 g/mol. The minimum absolute atomic E-state index is 0.0118. The Kier molecular flexibility index (Phi) is 2.65. The Bertz CT molecular complexity index is 468. The molecule has 1 heterocycles. The highest BCUT2D eigenvalue weighted by Gasteiger charge is 2.39. The van der Waals surface area contributed by atoms with Gasteiger partial charge in [0.2, 0.25) is 0 Å². The summed E-state index contributed by atoms with van der Waals surface area (Å²) in [4.78, 5) is 16.2. The zero-order chi connectivity index (χ0) is 11.8. The highest BCUT2D eigenvalue weighted by molar-refractivity contribution is 5.33. The lowest BCUT2D eigenvalue weighted by molar-refractivity contribution is 0.438. The molecule has 4 heteroatoms. The predicted octanol–water partition coefficient (Wildman–Crippen LogP) is 1.86. The molecule has 1 N–H and O–H groups in total. The first-order valence-electron chi connectivity index (χ1n) is 6.60. The first-order chi connectivity index (χ1) is 8.28. The monoisotopic (exact) mass is 233 g/mol. The van der Waals surface area contributed by atoms with Gasteiger partial charge >= 0.3 is 0 Å². The van der Waals surface area contributed by atoms with Gasteiger partial charge in [-0.25, -0.2) is 4.98 Å². The van der Waals surface area contributed by atoms with Crippen LogP contribution in [0.3, 0.4) is 0 Å². The molecule has 2 aliphatic rings. The molecule has 3 unspecified atom stereocenters. The molecule has 2 saturated carbocycles. The molecule has 17 heavy (non-hydrogen) atoms. The topological polar surface area (TPSA) is 46.9 Å². The summed E-state index contributed by atoms with van der Waals surface area (Å²) in [6.07, 6.45) is 8.70. The van der Waals surface area contributed by atoms with Crippen molar-refractivity contribution in [3.8, 4) is 0 Å². The zero-order valence-electron chi connectivity index (χ0n) is 10.2. The molecule has 2 fully saturated rings. The number of aromatic nitrogens is 2. The zero-order valence-corrected chi connectivity index (χ0v) is 10.2. The van der Waals surface area contributed by atoms with E-state index in [1.807, 2.05) is 6.92 Å². The quantitative estimate of drug-likeness (QED) is 0.867. The SMILES string of the molecule is CCn1ccnc(NC2CC3CCC2C3)c1=O. The van der Waals surface area contributed by atoms with Gasteiger partial charge < -0.3 is 9.88 Å². The summed E-state index contributed by atoms with van der Waals surface area (Å²) >= 11 is 0. The van der Waals surface area contributed by atoms with E-state index >= 15 is 0 Å². The molecule has 0 radical (unpaired) electrons. The van der Waals surface area contributed by atoms with Crippen molar-refractivity contribution in [3.63, 3.8) is 0 Å². The maximum absolute atomic E-state index is 12.0. The minimum Gasteiger partial charge on any atom is -0.362 e. The molecule has 2 aliphatic carbocycles. The van der Waals surface area contributed by atoms with Crippen molar-refractivity contribution >= 4 is 5.82 Å². The van der Waals surface area contributed by atoms with E-state index in [1.54, 1.807) is 17.0 Å². The molecule has 0 spiro atoms. The van der Waals surface area contributed by atoms with Gasteiger partial charge in [0.25, 0.3) is 5.56 Å². The summed E-state index contributed by atoms with van der Waals surface area (Å²) in [6, 6.07) is 0.474. The fraction of sp³-hybridized carbons (Fsp3) is 0.692. The summed E-state index contributed by atoms with van der Waals surface area (Å²) in [6.45, 7) is 2.68. The number of hydrogen-bond donors (Lipinski definition) is 1. The number of nitrogens with one attached hydrogen (secondary N) is 1. The van der Waals surface area contributed by atoms with Crippen LogP contribution in [-0.2, 0) is 6.54 Å². The van der Waals surface area contributed by atoms with Crippen molar-refractivity contribution in [2.24, 2.45) is 11.8 Å². The van der Waals surface area contributed by atoms with Crippen molar-refractivity contribution in [2.45, 2.75) is 45.2 Å². The van der Waals surface area contributed by atoms with Crippen LogP contribution in [-0.4, -0.2) is 15.6 Å². The van der Waals surface area contributed by atoms with Crippen LogP contribution in [0.15, 0.2) is 17.2 Å². The Morgan fingerprint density at radius 2 is 2.35 bits per heavy atom. The second kappa shape index (κ2) is 4.17. The van der Waals surface area contributed by atoms with Crippen molar-refractivity contribution in [3.05, 3.63) is 22.7 Å². The number of hydrogen-bond acceptors (Lipinski definition) is 3. The number of aryl methyl sites for hydroxylation is 1. The Labute approximate surface area is 101 Å². The van der Waals surface area contributed by atoms with Gasteiger partial charge in [-0.1, -0.05) is 6.42 Å². The lowest BCUT2D eigenvalue weighted by Crippen LogP contribution is -2.32. The fourth-order valence-electron chi connectivity index (χ4n) is 3.39. The third-order valence-corrected chi connectivity index (χ3v) is 4.31. The van der Waals surface area contributed by atoms with Gasteiger partial charge in [-0.05, 0) is 38.0 Å². The number of rotatable bonds is 3. The van der Waals surface area contributed by atoms with E-state index in [-0.39, 0.29) is 5.56 Å². The van der Waals surface area contributed by atoms with E-state index in [2.05, 4.69) is 10.3 Å². The molecule has 1 aromatic heterocycles. The summed E-state index contributed by atoms with van der Waals surface area (Å²) in [5, 5.41) is 3.37. The largest absolute Gasteiger partial charge is 0.362 e. The summed E-state index contributed by atoms with van der Waals surface area (Å²) in [5.74, 6) is 2.18. The smallest absolute Gasteiger partial charge is 0.293 e. The van der Waals surface area contributed by atoms with Crippen LogP contribution in [0.2, 0.25) is 0 Å². The maximum atomic E-state index is 12.0. The van der Waals surface area contributed by atoms with Crippen molar-refractivity contribution < 1.29 is 0 Å². The number of fused-ring (bicyclic) bond motifs is 2. The molecule has 1 aromatic rings. The van der Waals surface area contributed by atoms with Gasteiger partial charge in [-0.2, -0.15) is 0 Å². The third-order valence-electron chi connectivity index (χ3n) is 4.31. The number of nitrogens with zero attached hydrogens (tertiary/aromatic N) is 2. The van der Waals surface area contributed by atoms with Crippen LogP contribution in [0.5, 0.6) is 0 Å². The normalized spacial score (nSPS) is 30.8. The Morgan fingerprint density at radius 1 is 1.47 bits per heavy atom. The highest BCUT2D eigenvalue weighted by Crippen LogP contribution is 2.45. The van der Waals surface area contributed by atoms with E-state index in [9.17, 15) is 4.79 Å². The molecule has 0 aliphatic heterocycles. The minimum atomic E-state index is 0.0118. The Morgan fingerprint density at radius 3 is 3.00 bits per heavy atom. The summed E-state index contributed by atoms with van der Waals surface area (Å²) in [7, 11) is 0. The summed E-state index contributed by atoms with van der Waals surface area (Å²) < 4.78 is 1.70. The van der Waals surface area contributed by atoms with Crippen molar-refractivity contribution in [2.75, 3.05) is 5.32 Å². The lowest BCUT2D eigenvalue weighted by Gasteiger charge is -2.23. The van der Waals surface area contributed by atoms with Gasteiger partial charge in [0.05, 0.1) is 0 Å². The van der Waals surface area contributed by atoms with E-state index in [4.69, 9.17) is 0 Å². The molecule has 0 amide bonds. The molecule has 2 bridgehead atoms. The Balaban J connectivity index is 1.79. The Hall–Kier alpha value is -1.32. The molecule has 4 nitrogen and oxygen atoms in total. The van der Waals surface area contributed by atoms with Gasteiger partial charge in [-0.15, -0.1) is 0 Å². The van der Waals surface area contributed by atoms with Crippen LogP contribution in [0.25, 0.3) is 0 Å². The third kappa shape index (κ3) is 1.85. The lowest BCUT2D eigenvalue weighted by atomic mass is 9.95. The maximum Gasteiger partial charge on any atom is 0.293 e. The first-order valence-corrected chi connectivity index (χ1v) is 6.60. The van der Waals surface area contributed by atoms with Gasteiger partial charge in [0.15, 0.2) is 5.82 Å². The summed E-state index contributed by atoms with van der Waals surface area (Å²) in [5.41, 5.74) is 0.0118. The van der Waals surface area contributed by atoms with Crippen LogP contribution in [0.1, 0.15) is 32.6 Å². The van der Waals surface area contributed by atoms with Crippen molar-refractivity contribution in [1.29, 1.82) is 0 Å². The van der Waals surface area contributed by atoms with E-state index in [0.29, 0.717) is 18.4 Å². The molecule has 0 saturated heterocycles. The second-order valence-electron chi connectivity index (χ2n) is 5.29. The predicted molar refractivity (Wildman–Crippen MR) is 67.0 cm³/mol. The van der Waals surface area contributed by atoms with Gasteiger partial charge in [0, 0.05) is 25.0 Å². The van der Waals surface area contributed by atoms with Crippen molar-refractivity contribution in [1.82, 2.24) is 9.55 Å². The van der Waals surface area contributed by atoms with E-state index < -0.39 is 0 Å². The second-order valence-corrected chi connectivity index (χ2v) is 5.29. The van der Waals surface area contributed by atoms with Crippen LogP contribution in [0.4, 0.5) is 5.82 Å². The average molecular weight is 233 g/mol.